The van der Waals surface area contributed by atoms with Crippen molar-refractivity contribution in [3.63, 3.8) is 0 Å². The van der Waals surface area contributed by atoms with Gasteiger partial charge in [-0.3, -0.25) is 4.79 Å². The molecule has 0 aliphatic carbocycles. The molecule has 1 rings (SSSR count). The van der Waals surface area contributed by atoms with Crippen LogP contribution < -0.4 is 4.90 Å². The van der Waals surface area contributed by atoms with Crippen molar-refractivity contribution in [2.75, 3.05) is 18.5 Å². The van der Waals surface area contributed by atoms with Gasteiger partial charge in [0.1, 0.15) is 0 Å². The Morgan fingerprint density at radius 2 is 2.00 bits per heavy atom. The Bertz CT molecular complexity index is 391. The molecule has 0 unspecified atom stereocenters. The summed E-state index contributed by atoms with van der Waals surface area (Å²) in [6.45, 7) is 11.6. The number of hydrogen-bond donors (Lipinski definition) is 0. The molecule has 0 amide bonds. The third-order valence-electron chi connectivity index (χ3n) is 2.36. The molecule has 4 heteroatoms. The predicted octanol–water partition coefficient (Wildman–Crippen LogP) is 3.56. The van der Waals surface area contributed by atoms with Gasteiger partial charge in [-0.25, -0.2) is 4.98 Å². The number of thiazole rings is 1. The van der Waals surface area contributed by atoms with E-state index in [4.69, 9.17) is 0 Å². The van der Waals surface area contributed by atoms with Crippen LogP contribution in [0, 0.1) is 5.41 Å². The lowest BCUT2D eigenvalue weighted by Gasteiger charge is -2.26. The van der Waals surface area contributed by atoms with E-state index < -0.39 is 0 Å². The maximum Gasteiger partial charge on any atom is 0.185 e. The zero-order chi connectivity index (χ0) is 13.2. The Balaban J connectivity index is 2.96. The van der Waals surface area contributed by atoms with Crippen molar-refractivity contribution in [3.8, 4) is 0 Å². The fourth-order valence-electron chi connectivity index (χ4n) is 1.77. The summed E-state index contributed by atoms with van der Waals surface area (Å²) in [5.41, 5.74) is 1.14. The zero-order valence-corrected chi connectivity index (χ0v) is 12.4. The molecular weight excluding hydrogens is 232 g/mol. The van der Waals surface area contributed by atoms with Gasteiger partial charge in [0.2, 0.25) is 0 Å². The lowest BCUT2D eigenvalue weighted by atomic mass is 9.96. The standard InChI is InChI=1S/C13H22N2OS/c1-9(2)11-10(7-16)17-12(14-11)15(6)8-13(3,4)5/h7,9H,8H2,1-6H3. The zero-order valence-electron chi connectivity index (χ0n) is 11.6. The third kappa shape index (κ3) is 3.80. The maximum absolute atomic E-state index is 11.0. The van der Waals surface area contributed by atoms with Gasteiger partial charge in [0.25, 0.3) is 0 Å². The van der Waals surface area contributed by atoms with Crippen LogP contribution in [0.15, 0.2) is 0 Å². The minimum Gasteiger partial charge on any atom is -0.351 e. The normalized spacial score (nSPS) is 11.9. The summed E-state index contributed by atoms with van der Waals surface area (Å²) in [6, 6.07) is 0. The van der Waals surface area contributed by atoms with Gasteiger partial charge >= 0.3 is 0 Å². The fourth-order valence-corrected chi connectivity index (χ4v) is 2.77. The van der Waals surface area contributed by atoms with Crippen LogP contribution in [0.5, 0.6) is 0 Å². The highest BCUT2D eigenvalue weighted by atomic mass is 32.1. The average molecular weight is 254 g/mol. The van der Waals surface area contributed by atoms with E-state index in [0.29, 0.717) is 5.92 Å². The second-order valence-corrected chi connectivity index (χ2v) is 6.94. The molecule has 0 atom stereocenters. The summed E-state index contributed by atoms with van der Waals surface area (Å²) in [7, 11) is 2.03. The minimum absolute atomic E-state index is 0.222. The van der Waals surface area contributed by atoms with E-state index in [-0.39, 0.29) is 5.41 Å². The van der Waals surface area contributed by atoms with Crippen LogP contribution in [-0.2, 0) is 0 Å². The van der Waals surface area contributed by atoms with Gasteiger partial charge in [0, 0.05) is 13.6 Å². The van der Waals surface area contributed by atoms with Gasteiger partial charge in [0.05, 0.1) is 10.6 Å². The van der Waals surface area contributed by atoms with E-state index in [1.807, 2.05) is 7.05 Å². The van der Waals surface area contributed by atoms with E-state index in [1.165, 1.54) is 11.3 Å². The van der Waals surface area contributed by atoms with Crippen molar-refractivity contribution >= 4 is 22.8 Å². The van der Waals surface area contributed by atoms with E-state index in [9.17, 15) is 4.79 Å². The summed E-state index contributed by atoms with van der Waals surface area (Å²) in [4.78, 5) is 18.5. The van der Waals surface area contributed by atoms with Gasteiger partial charge in [-0.1, -0.05) is 46.0 Å². The molecule has 96 valence electrons. The van der Waals surface area contributed by atoms with E-state index >= 15 is 0 Å². The minimum atomic E-state index is 0.222. The second-order valence-electron chi connectivity index (χ2n) is 5.94. The van der Waals surface area contributed by atoms with E-state index in [0.717, 1.165) is 28.5 Å². The second kappa shape index (κ2) is 5.17. The lowest BCUT2D eigenvalue weighted by molar-refractivity contribution is 0.112. The first-order valence-electron chi connectivity index (χ1n) is 5.91. The number of rotatable bonds is 4. The van der Waals surface area contributed by atoms with Crippen LogP contribution in [0.25, 0.3) is 0 Å². The van der Waals surface area contributed by atoms with Crippen LogP contribution in [0.3, 0.4) is 0 Å². The van der Waals surface area contributed by atoms with Gasteiger partial charge < -0.3 is 4.90 Å². The number of carbonyl (C=O) groups is 1. The Labute approximate surface area is 108 Å². The van der Waals surface area contributed by atoms with Gasteiger partial charge in [-0.2, -0.15) is 0 Å². The first kappa shape index (κ1) is 14.2. The molecule has 0 aliphatic heterocycles. The van der Waals surface area contributed by atoms with Crippen molar-refractivity contribution in [1.82, 2.24) is 4.98 Å². The van der Waals surface area contributed by atoms with Crippen LogP contribution in [0.2, 0.25) is 0 Å². The van der Waals surface area contributed by atoms with Crippen molar-refractivity contribution in [2.24, 2.45) is 5.41 Å². The van der Waals surface area contributed by atoms with Gasteiger partial charge in [-0.15, -0.1) is 0 Å². The topological polar surface area (TPSA) is 33.2 Å². The summed E-state index contributed by atoms with van der Waals surface area (Å²) >= 11 is 1.48. The molecule has 0 bridgehead atoms. The molecule has 17 heavy (non-hydrogen) atoms. The Hall–Kier alpha value is -0.900. The predicted molar refractivity (Wildman–Crippen MR) is 74.3 cm³/mol. The molecule has 0 aliphatic rings. The Morgan fingerprint density at radius 1 is 1.41 bits per heavy atom. The molecule has 0 aromatic carbocycles. The summed E-state index contributed by atoms with van der Waals surface area (Å²) in [6.07, 6.45) is 0.918. The molecule has 1 aromatic rings. The molecule has 0 N–H and O–H groups in total. The summed E-state index contributed by atoms with van der Waals surface area (Å²) in [5, 5.41) is 0.936. The monoisotopic (exact) mass is 254 g/mol. The number of hydrogen-bond acceptors (Lipinski definition) is 4. The summed E-state index contributed by atoms with van der Waals surface area (Å²) < 4.78 is 0. The van der Waals surface area contributed by atoms with Crippen LogP contribution >= 0.6 is 11.3 Å². The number of carbonyl (C=O) groups excluding carboxylic acids is 1. The fraction of sp³-hybridized carbons (Fsp3) is 0.692. The molecule has 0 radical (unpaired) electrons. The Kier molecular flexibility index (Phi) is 4.31. The van der Waals surface area contributed by atoms with Crippen molar-refractivity contribution in [3.05, 3.63) is 10.6 Å². The van der Waals surface area contributed by atoms with Crippen molar-refractivity contribution in [1.29, 1.82) is 0 Å². The lowest BCUT2D eigenvalue weighted by Crippen LogP contribution is -2.28. The molecule has 0 saturated carbocycles. The van der Waals surface area contributed by atoms with Gasteiger partial charge in [-0.05, 0) is 11.3 Å². The molecular formula is C13H22N2OS. The first-order valence-corrected chi connectivity index (χ1v) is 6.73. The van der Waals surface area contributed by atoms with Crippen molar-refractivity contribution in [2.45, 2.75) is 40.5 Å². The number of aromatic nitrogens is 1. The quantitative estimate of drug-likeness (QED) is 0.770. The van der Waals surface area contributed by atoms with Crippen LogP contribution in [0.4, 0.5) is 5.13 Å². The molecule has 0 spiro atoms. The summed E-state index contributed by atoms with van der Waals surface area (Å²) in [5.74, 6) is 0.295. The third-order valence-corrected chi connectivity index (χ3v) is 3.47. The highest BCUT2D eigenvalue weighted by Gasteiger charge is 2.19. The molecule has 0 fully saturated rings. The molecule has 0 saturated heterocycles. The van der Waals surface area contributed by atoms with E-state index in [1.54, 1.807) is 0 Å². The average Bonchev–Trinajstić information content (AvgIpc) is 2.58. The SMILES string of the molecule is CC(C)c1nc(N(C)CC(C)(C)C)sc1C=O. The van der Waals surface area contributed by atoms with E-state index in [2.05, 4.69) is 44.5 Å². The smallest absolute Gasteiger partial charge is 0.185 e. The largest absolute Gasteiger partial charge is 0.351 e. The molecule has 1 aromatic heterocycles. The molecule has 3 nitrogen and oxygen atoms in total. The highest BCUT2D eigenvalue weighted by Crippen LogP contribution is 2.30. The highest BCUT2D eigenvalue weighted by molar-refractivity contribution is 7.17. The maximum atomic E-state index is 11.0. The van der Waals surface area contributed by atoms with Gasteiger partial charge in [0.15, 0.2) is 11.4 Å². The number of aldehydes is 1. The molecule has 1 heterocycles. The van der Waals surface area contributed by atoms with Crippen LogP contribution in [0.1, 0.15) is 55.9 Å². The van der Waals surface area contributed by atoms with Crippen LogP contribution in [-0.4, -0.2) is 24.9 Å². The first-order chi connectivity index (χ1) is 7.74. The number of anilines is 1. The van der Waals surface area contributed by atoms with Crippen molar-refractivity contribution < 1.29 is 4.79 Å². The number of nitrogens with zero attached hydrogens (tertiary/aromatic N) is 2. The Morgan fingerprint density at radius 3 is 2.35 bits per heavy atom.